The van der Waals surface area contributed by atoms with Crippen LogP contribution in [0.1, 0.15) is 17.7 Å². The molecule has 0 saturated carbocycles. The first-order valence-corrected chi connectivity index (χ1v) is 6.21. The molecule has 0 aliphatic rings. The molecule has 0 bridgehead atoms. The number of nitrogens with one attached hydrogen (secondary N) is 1. The van der Waals surface area contributed by atoms with Crippen molar-refractivity contribution in [3.05, 3.63) is 54.1 Å². The lowest BCUT2D eigenvalue weighted by atomic mass is 10.2. The van der Waals surface area contributed by atoms with Crippen LogP contribution in [0.25, 0.3) is 6.08 Å². The van der Waals surface area contributed by atoms with E-state index >= 15 is 0 Å². The summed E-state index contributed by atoms with van der Waals surface area (Å²) in [4.78, 5) is 17.3. The summed E-state index contributed by atoms with van der Waals surface area (Å²) in [5.74, 6) is 0.838. The van der Waals surface area contributed by atoms with Crippen LogP contribution in [0.2, 0.25) is 0 Å². The van der Waals surface area contributed by atoms with Gasteiger partial charge in [0.1, 0.15) is 12.0 Å². The van der Waals surface area contributed by atoms with E-state index in [0.717, 1.165) is 36.1 Å². The van der Waals surface area contributed by atoms with Gasteiger partial charge in [0.25, 0.3) is 0 Å². The average molecular weight is 256 g/mol. The van der Waals surface area contributed by atoms with Crippen molar-refractivity contribution in [2.45, 2.75) is 12.8 Å². The van der Waals surface area contributed by atoms with Gasteiger partial charge in [0.05, 0.1) is 18.6 Å². The fourth-order valence-electron chi connectivity index (χ4n) is 1.70. The SMILES string of the molecule is O=C/C=C/c1ccc(OCCCc2c[nH]cn2)cc1. The van der Waals surface area contributed by atoms with Gasteiger partial charge < -0.3 is 9.72 Å². The van der Waals surface area contributed by atoms with Crippen LogP contribution in [0, 0.1) is 0 Å². The average Bonchev–Trinajstić information content (AvgIpc) is 2.96. The third-order valence-corrected chi connectivity index (χ3v) is 2.65. The smallest absolute Gasteiger partial charge is 0.142 e. The summed E-state index contributed by atoms with van der Waals surface area (Å²) in [6.45, 7) is 0.663. The highest BCUT2D eigenvalue weighted by molar-refractivity contribution is 5.73. The molecule has 1 N–H and O–H groups in total. The highest BCUT2D eigenvalue weighted by Crippen LogP contribution is 2.13. The molecule has 0 spiro atoms. The van der Waals surface area contributed by atoms with Crippen molar-refractivity contribution in [1.29, 1.82) is 0 Å². The number of carbonyl (C=O) groups is 1. The molecule has 98 valence electrons. The van der Waals surface area contributed by atoms with Crippen molar-refractivity contribution in [3.63, 3.8) is 0 Å². The number of imidazole rings is 1. The standard InChI is InChI=1S/C15H16N2O2/c18-9-1-3-13-5-7-15(8-6-13)19-10-2-4-14-11-16-12-17-14/h1,3,5-9,11-12H,2,4,10H2,(H,16,17)/b3-1+. The fourth-order valence-corrected chi connectivity index (χ4v) is 1.70. The quantitative estimate of drug-likeness (QED) is 0.470. The molecule has 1 aromatic carbocycles. The number of hydrogen-bond acceptors (Lipinski definition) is 3. The van der Waals surface area contributed by atoms with E-state index < -0.39 is 0 Å². The maximum atomic E-state index is 10.2. The van der Waals surface area contributed by atoms with Gasteiger partial charge in [0, 0.05) is 6.20 Å². The monoisotopic (exact) mass is 256 g/mol. The molecule has 0 unspecified atom stereocenters. The Morgan fingerprint density at radius 2 is 2.11 bits per heavy atom. The molecule has 0 radical (unpaired) electrons. The molecule has 1 heterocycles. The number of benzene rings is 1. The van der Waals surface area contributed by atoms with E-state index in [1.165, 1.54) is 6.08 Å². The molecule has 0 fully saturated rings. The van der Waals surface area contributed by atoms with Crippen LogP contribution in [0.5, 0.6) is 5.75 Å². The van der Waals surface area contributed by atoms with E-state index in [0.29, 0.717) is 6.61 Å². The fraction of sp³-hybridized carbons (Fsp3) is 0.200. The molecule has 1 aromatic heterocycles. The predicted molar refractivity (Wildman–Crippen MR) is 73.9 cm³/mol. The van der Waals surface area contributed by atoms with Crippen molar-refractivity contribution >= 4 is 12.4 Å². The number of hydrogen-bond donors (Lipinski definition) is 1. The molecular formula is C15H16N2O2. The Kier molecular flexibility index (Phi) is 4.93. The summed E-state index contributed by atoms with van der Waals surface area (Å²) < 4.78 is 5.63. The second-order valence-corrected chi connectivity index (χ2v) is 4.08. The third-order valence-electron chi connectivity index (χ3n) is 2.65. The number of aldehydes is 1. The van der Waals surface area contributed by atoms with E-state index in [1.807, 2.05) is 30.5 Å². The Hall–Kier alpha value is -2.36. The van der Waals surface area contributed by atoms with Gasteiger partial charge in [-0.3, -0.25) is 4.79 Å². The summed E-state index contributed by atoms with van der Waals surface area (Å²) in [6.07, 6.45) is 9.41. The Morgan fingerprint density at radius 1 is 1.26 bits per heavy atom. The second-order valence-electron chi connectivity index (χ2n) is 4.08. The van der Waals surface area contributed by atoms with Gasteiger partial charge in [-0.1, -0.05) is 18.2 Å². The molecule has 2 aromatic rings. The van der Waals surface area contributed by atoms with Crippen molar-refractivity contribution in [3.8, 4) is 5.75 Å². The molecular weight excluding hydrogens is 240 g/mol. The van der Waals surface area contributed by atoms with Gasteiger partial charge in [-0.05, 0) is 36.6 Å². The number of ether oxygens (including phenoxy) is 1. The van der Waals surface area contributed by atoms with Crippen molar-refractivity contribution < 1.29 is 9.53 Å². The van der Waals surface area contributed by atoms with Crippen molar-refractivity contribution in [1.82, 2.24) is 9.97 Å². The normalized spacial score (nSPS) is 10.7. The van der Waals surface area contributed by atoms with Crippen LogP contribution in [-0.4, -0.2) is 22.9 Å². The van der Waals surface area contributed by atoms with Crippen LogP contribution in [0.15, 0.2) is 42.9 Å². The maximum absolute atomic E-state index is 10.2. The van der Waals surface area contributed by atoms with E-state index in [9.17, 15) is 4.79 Å². The topological polar surface area (TPSA) is 55.0 Å². The number of aromatic nitrogens is 2. The Labute approximate surface area is 112 Å². The summed E-state index contributed by atoms with van der Waals surface area (Å²) in [5, 5.41) is 0. The van der Waals surface area contributed by atoms with E-state index in [-0.39, 0.29) is 0 Å². The molecule has 0 atom stereocenters. The minimum Gasteiger partial charge on any atom is -0.494 e. The van der Waals surface area contributed by atoms with Crippen LogP contribution in [-0.2, 0) is 11.2 Å². The lowest BCUT2D eigenvalue weighted by molar-refractivity contribution is -0.104. The molecule has 0 saturated heterocycles. The molecule has 19 heavy (non-hydrogen) atoms. The summed E-state index contributed by atoms with van der Waals surface area (Å²) in [6, 6.07) is 7.64. The number of nitrogens with zero attached hydrogens (tertiary/aromatic N) is 1. The molecule has 2 rings (SSSR count). The molecule has 0 amide bonds. The number of carbonyl (C=O) groups excluding carboxylic acids is 1. The van der Waals surface area contributed by atoms with Crippen molar-refractivity contribution in [2.75, 3.05) is 6.61 Å². The number of rotatable bonds is 7. The minimum absolute atomic E-state index is 0.663. The van der Waals surface area contributed by atoms with E-state index in [2.05, 4.69) is 9.97 Å². The minimum atomic E-state index is 0.663. The number of aromatic amines is 1. The van der Waals surface area contributed by atoms with Crippen LogP contribution >= 0.6 is 0 Å². The Balaban J connectivity index is 1.73. The van der Waals surface area contributed by atoms with Gasteiger partial charge in [0.2, 0.25) is 0 Å². The lowest BCUT2D eigenvalue weighted by Gasteiger charge is -2.05. The largest absolute Gasteiger partial charge is 0.494 e. The molecule has 0 aliphatic heterocycles. The Bertz CT molecular complexity index is 516. The van der Waals surface area contributed by atoms with E-state index in [1.54, 1.807) is 12.4 Å². The predicted octanol–water partition coefficient (Wildman–Crippen LogP) is 2.63. The number of aryl methyl sites for hydroxylation is 1. The first kappa shape index (κ1) is 13.1. The number of allylic oxidation sites excluding steroid dienone is 1. The van der Waals surface area contributed by atoms with Crippen molar-refractivity contribution in [2.24, 2.45) is 0 Å². The van der Waals surface area contributed by atoms with Gasteiger partial charge in [-0.25, -0.2) is 4.98 Å². The van der Waals surface area contributed by atoms with Gasteiger partial charge in [-0.15, -0.1) is 0 Å². The van der Waals surface area contributed by atoms with Crippen LogP contribution < -0.4 is 4.74 Å². The zero-order valence-corrected chi connectivity index (χ0v) is 10.6. The summed E-state index contributed by atoms with van der Waals surface area (Å²) in [5.41, 5.74) is 2.04. The molecule has 0 aliphatic carbocycles. The maximum Gasteiger partial charge on any atom is 0.142 e. The highest BCUT2D eigenvalue weighted by atomic mass is 16.5. The van der Waals surface area contributed by atoms with Gasteiger partial charge in [-0.2, -0.15) is 0 Å². The van der Waals surface area contributed by atoms with E-state index in [4.69, 9.17) is 4.74 Å². The highest BCUT2D eigenvalue weighted by Gasteiger charge is 1.97. The zero-order chi connectivity index (χ0) is 13.3. The first-order valence-electron chi connectivity index (χ1n) is 6.21. The third kappa shape index (κ3) is 4.43. The second kappa shape index (κ2) is 7.16. The van der Waals surface area contributed by atoms with Crippen LogP contribution in [0.4, 0.5) is 0 Å². The summed E-state index contributed by atoms with van der Waals surface area (Å²) >= 11 is 0. The Morgan fingerprint density at radius 3 is 2.79 bits per heavy atom. The zero-order valence-electron chi connectivity index (χ0n) is 10.6. The van der Waals surface area contributed by atoms with Crippen LogP contribution in [0.3, 0.4) is 0 Å². The van der Waals surface area contributed by atoms with Gasteiger partial charge >= 0.3 is 0 Å². The summed E-state index contributed by atoms with van der Waals surface area (Å²) in [7, 11) is 0. The van der Waals surface area contributed by atoms with Gasteiger partial charge in [0.15, 0.2) is 0 Å². The molecule has 4 heteroatoms. The number of H-pyrrole nitrogens is 1. The lowest BCUT2D eigenvalue weighted by Crippen LogP contribution is -1.99. The molecule has 4 nitrogen and oxygen atoms in total. The first-order chi connectivity index (χ1) is 9.38.